The lowest BCUT2D eigenvalue weighted by molar-refractivity contribution is -0.0135. The minimum Gasteiger partial charge on any atom is -0.366 e. The molecule has 5 rings (SSSR count). The van der Waals surface area contributed by atoms with Gasteiger partial charge in [0.15, 0.2) is 5.78 Å². The van der Waals surface area contributed by atoms with Gasteiger partial charge in [0.2, 0.25) is 5.91 Å². The fourth-order valence-electron chi connectivity index (χ4n) is 6.29. The first kappa shape index (κ1) is 16.5. The Kier molecular flexibility index (Phi) is 3.75. The first-order valence-electron chi connectivity index (χ1n) is 10.3. The van der Waals surface area contributed by atoms with Crippen LogP contribution in [0.3, 0.4) is 0 Å². The molecule has 26 heavy (non-hydrogen) atoms. The maximum Gasteiger partial charge on any atom is 0.248 e. The molecule has 0 unspecified atom stereocenters. The molecule has 1 aromatic carbocycles. The SMILES string of the molecule is NC(=O)c1ccc2c(c1)[C@]13CCCC[C@H]1[C@H](C2=O)N(CC1CCC1)CC3. The Morgan fingerprint density at radius 1 is 1.15 bits per heavy atom. The van der Waals surface area contributed by atoms with E-state index in [4.69, 9.17) is 5.73 Å². The van der Waals surface area contributed by atoms with Crippen LogP contribution in [0, 0.1) is 11.8 Å². The minimum absolute atomic E-state index is 0.0524. The zero-order chi connectivity index (χ0) is 17.9. The van der Waals surface area contributed by atoms with Gasteiger partial charge in [-0.1, -0.05) is 25.3 Å². The number of carbonyl (C=O) groups excluding carboxylic acids is 2. The molecule has 138 valence electrons. The summed E-state index contributed by atoms with van der Waals surface area (Å²) in [5, 5.41) is 0. The van der Waals surface area contributed by atoms with Crippen molar-refractivity contribution in [1.82, 2.24) is 4.90 Å². The Bertz CT molecular complexity index is 769. The third kappa shape index (κ3) is 2.24. The molecule has 2 bridgehead atoms. The standard InChI is InChI=1S/C22H28N2O2/c23-21(26)15-7-8-16-18(12-15)22-9-2-1-6-17(22)19(20(16)25)24(11-10-22)13-14-4-3-5-14/h7-8,12,14,17,19H,1-6,9-11,13H2,(H2,23,26)/t17-,19+,22-/m0/s1. The van der Waals surface area contributed by atoms with Crippen LogP contribution in [-0.4, -0.2) is 35.7 Å². The third-order valence-electron chi connectivity index (χ3n) is 7.81. The van der Waals surface area contributed by atoms with E-state index in [2.05, 4.69) is 4.90 Å². The van der Waals surface area contributed by atoms with E-state index in [9.17, 15) is 9.59 Å². The number of likely N-dealkylation sites (tertiary alicyclic amines) is 1. The second-order valence-corrected chi connectivity index (χ2v) is 8.98. The van der Waals surface area contributed by atoms with Gasteiger partial charge in [-0.05, 0) is 68.2 Å². The van der Waals surface area contributed by atoms with Crippen LogP contribution in [0.25, 0.3) is 0 Å². The quantitative estimate of drug-likeness (QED) is 0.908. The molecule has 1 aliphatic heterocycles. The number of ketones is 1. The summed E-state index contributed by atoms with van der Waals surface area (Å²) in [6, 6.07) is 5.62. The molecule has 1 aromatic rings. The molecular formula is C22H28N2O2. The van der Waals surface area contributed by atoms with Crippen molar-refractivity contribution in [3.8, 4) is 0 Å². The van der Waals surface area contributed by atoms with Crippen molar-refractivity contribution in [2.75, 3.05) is 13.1 Å². The summed E-state index contributed by atoms with van der Waals surface area (Å²) in [5.74, 6) is 1.09. The van der Waals surface area contributed by atoms with Crippen LogP contribution in [0.4, 0.5) is 0 Å². The molecule has 0 radical (unpaired) electrons. The smallest absolute Gasteiger partial charge is 0.248 e. The van der Waals surface area contributed by atoms with E-state index in [0.717, 1.165) is 49.4 Å². The third-order valence-corrected chi connectivity index (χ3v) is 7.81. The fraction of sp³-hybridized carbons (Fsp3) is 0.636. The lowest BCUT2D eigenvalue weighted by Gasteiger charge is -2.58. The minimum atomic E-state index is -0.395. The van der Waals surface area contributed by atoms with E-state index in [1.54, 1.807) is 6.07 Å². The van der Waals surface area contributed by atoms with Gasteiger partial charge in [-0.3, -0.25) is 14.5 Å². The van der Waals surface area contributed by atoms with Crippen LogP contribution >= 0.6 is 0 Å². The highest BCUT2D eigenvalue weighted by Crippen LogP contribution is 2.56. The zero-order valence-electron chi connectivity index (χ0n) is 15.4. The van der Waals surface area contributed by atoms with E-state index in [1.165, 1.54) is 32.1 Å². The van der Waals surface area contributed by atoms with E-state index >= 15 is 0 Å². The van der Waals surface area contributed by atoms with Crippen molar-refractivity contribution in [3.05, 3.63) is 34.9 Å². The number of benzene rings is 1. The van der Waals surface area contributed by atoms with Crippen molar-refractivity contribution in [2.45, 2.75) is 62.8 Å². The summed E-state index contributed by atoms with van der Waals surface area (Å²) in [4.78, 5) is 27.8. The van der Waals surface area contributed by atoms with Gasteiger partial charge < -0.3 is 5.73 Å². The number of nitrogens with two attached hydrogens (primary N) is 1. The molecule has 4 nitrogen and oxygen atoms in total. The molecule has 3 aliphatic carbocycles. The van der Waals surface area contributed by atoms with E-state index in [0.29, 0.717) is 11.5 Å². The number of carbonyl (C=O) groups is 2. The van der Waals surface area contributed by atoms with Gasteiger partial charge in [0.1, 0.15) is 0 Å². The van der Waals surface area contributed by atoms with Crippen LogP contribution in [-0.2, 0) is 5.41 Å². The Morgan fingerprint density at radius 2 is 2.00 bits per heavy atom. The molecule has 4 aliphatic rings. The molecule has 1 amide bonds. The van der Waals surface area contributed by atoms with Gasteiger partial charge >= 0.3 is 0 Å². The Hall–Kier alpha value is -1.68. The summed E-state index contributed by atoms with van der Waals surface area (Å²) >= 11 is 0. The summed E-state index contributed by atoms with van der Waals surface area (Å²) in [5.41, 5.74) is 8.15. The van der Waals surface area contributed by atoms with Crippen molar-refractivity contribution in [3.63, 3.8) is 0 Å². The highest BCUT2D eigenvalue weighted by molar-refractivity contribution is 6.05. The van der Waals surface area contributed by atoms with Gasteiger partial charge in [-0.25, -0.2) is 0 Å². The number of piperidine rings is 1. The number of hydrogen-bond donors (Lipinski definition) is 1. The van der Waals surface area contributed by atoms with Crippen molar-refractivity contribution >= 4 is 11.7 Å². The van der Waals surface area contributed by atoms with Crippen LogP contribution in [0.2, 0.25) is 0 Å². The average molecular weight is 352 g/mol. The second kappa shape index (κ2) is 5.91. The topological polar surface area (TPSA) is 63.4 Å². The van der Waals surface area contributed by atoms with Crippen LogP contribution < -0.4 is 5.73 Å². The summed E-state index contributed by atoms with van der Waals surface area (Å²) in [6.07, 6.45) is 9.84. The lowest BCUT2D eigenvalue weighted by Crippen LogP contribution is -2.64. The highest BCUT2D eigenvalue weighted by atomic mass is 16.1. The number of amides is 1. The largest absolute Gasteiger partial charge is 0.366 e. The predicted molar refractivity (Wildman–Crippen MR) is 100 cm³/mol. The predicted octanol–water partition coefficient (Wildman–Crippen LogP) is 3.28. The molecular weight excluding hydrogens is 324 g/mol. The zero-order valence-corrected chi connectivity index (χ0v) is 15.4. The number of Topliss-reactive ketones (excluding diaryl/α,β-unsaturated/α-hetero) is 1. The normalized spacial score (nSPS) is 33.9. The maximum absolute atomic E-state index is 13.5. The fourth-order valence-corrected chi connectivity index (χ4v) is 6.29. The van der Waals surface area contributed by atoms with Crippen molar-refractivity contribution in [1.29, 1.82) is 0 Å². The molecule has 1 saturated heterocycles. The van der Waals surface area contributed by atoms with Crippen LogP contribution in [0.5, 0.6) is 0 Å². The van der Waals surface area contributed by atoms with Gasteiger partial charge in [0, 0.05) is 23.1 Å². The summed E-state index contributed by atoms with van der Waals surface area (Å²) in [7, 11) is 0. The van der Waals surface area contributed by atoms with Gasteiger partial charge in [-0.15, -0.1) is 0 Å². The number of primary amides is 1. The molecule has 0 aromatic heterocycles. The molecule has 3 fully saturated rings. The number of hydrogen-bond acceptors (Lipinski definition) is 3. The number of rotatable bonds is 3. The Labute approximate surface area is 155 Å². The average Bonchev–Trinajstić information content (AvgIpc) is 2.62. The summed E-state index contributed by atoms with van der Waals surface area (Å²) < 4.78 is 0. The highest BCUT2D eigenvalue weighted by Gasteiger charge is 2.57. The molecule has 1 heterocycles. The number of nitrogens with zero attached hydrogens (tertiary/aromatic N) is 1. The number of fused-ring (bicyclic) bond motifs is 1. The molecule has 3 atom stereocenters. The molecule has 2 saturated carbocycles. The van der Waals surface area contributed by atoms with Crippen LogP contribution in [0.15, 0.2) is 18.2 Å². The maximum atomic E-state index is 13.5. The van der Waals surface area contributed by atoms with Crippen molar-refractivity contribution < 1.29 is 9.59 Å². The van der Waals surface area contributed by atoms with E-state index in [-0.39, 0.29) is 17.2 Å². The Balaban J connectivity index is 1.60. The molecule has 0 spiro atoms. The molecule has 2 N–H and O–H groups in total. The molecule has 4 heteroatoms. The van der Waals surface area contributed by atoms with Gasteiger partial charge in [0.05, 0.1) is 6.04 Å². The first-order valence-corrected chi connectivity index (χ1v) is 10.3. The lowest BCUT2D eigenvalue weighted by atomic mass is 9.52. The van der Waals surface area contributed by atoms with Gasteiger partial charge in [-0.2, -0.15) is 0 Å². The second-order valence-electron chi connectivity index (χ2n) is 8.98. The summed E-state index contributed by atoms with van der Waals surface area (Å²) in [6.45, 7) is 2.11. The monoisotopic (exact) mass is 352 g/mol. The van der Waals surface area contributed by atoms with E-state index in [1.807, 2.05) is 12.1 Å². The van der Waals surface area contributed by atoms with Crippen LogP contribution in [0.1, 0.15) is 77.6 Å². The van der Waals surface area contributed by atoms with E-state index < -0.39 is 5.91 Å². The Morgan fingerprint density at radius 3 is 2.73 bits per heavy atom. The first-order chi connectivity index (χ1) is 12.6. The van der Waals surface area contributed by atoms with Crippen molar-refractivity contribution in [2.24, 2.45) is 17.6 Å². The van der Waals surface area contributed by atoms with Gasteiger partial charge in [0.25, 0.3) is 0 Å².